The number of aryl methyl sites for hydroxylation is 3. The molecule has 4 heterocycles. The van der Waals surface area contributed by atoms with Gasteiger partial charge in [-0.2, -0.15) is 0 Å². The molecular formula is C21H16N2OS. The van der Waals surface area contributed by atoms with E-state index in [0.29, 0.717) is 5.71 Å². The fourth-order valence-corrected chi connectivity index (χ4v) is 4.54. The SMILES string of the molecule is Cc1ccc2c(n1)oc1c(-c3nccc4sc(C)c(C)c34)cccc12. The van der Waals surface area contributed by atoms with Crippen LogP contribution in [0.5, 0.6) is 0 Å². The molecule has 25 heavy (non-hydrogen) atoms. The third-order valence-electron chi connectivity index (χ3n) is 4.84. The van der Waals surface area contributed by atoms with Gasteiger partial charge < -0.3 is 4.42 Å². The zero-order valence-corrected chi connectivity index (χ0v) is 15.1. The lowest BCUT2D eigenvalue weighted by atomic mass is 10.0. The Morgan fingerprint density at radius 3 is 2.72 bits per heavy atom. The van der Waals surface area contributed by atoms with Crippen molar-refractivity contribution in [2.45, 2.75) is 20.8 Å². The van der Waals surface area contributed by atoms with Crippen LogP contribution in [0, 0.1) is 20.8 Å². The van der Waals surface area contributed by atoms with Gasteiger partial charge in [-0.1, -0.05) is 12.1 Å². The molecule has 0 atom stereocenters. The molecule has 4 aromatic heterocycles. The van der Waals surface area contributed by atoms with Crippen molar-refractivity contribution in [2.24, 2.45) is 0 Å². The highest BCUT2D eigenvalue weighted by atomic mass is 32.1. The number of fused-ring (bicyclic) bond motifs is 4. The highest BCUT2D eigenvalue weighted by Gasteiger charge is 2.18. The number of furan rings is 1. The number of nitrogens with zero attached hydrogens (tertiary/aromatic N) is 2. The number of hydrogen-bond donors (Lipinski definition) is 0. The Labute approximate surface area is 149 Å². The molecule has 0 bridgehead atoms. The van der Waals surface area contributed by atoms with E-state index in [0.717, 1.165) is 33.3 Å². The zero-order valence-electron chi connectivity index (χ0n) is 14.3. The maximum Gasteiger partial charge on any atom is 0.227 e. The maximum absolute atomic E-state index is 6.17. The summed E-state index contributed by atoms with van der Waals surface area (Å²) in [5.74, 6) is 0. The Morgan fingerprint density at radius 2 is 1.84 bits per heavy atom. The minimum absolute atomic E-state index is 0.688. The van der Waals surface area contributed by atoms with Crippen LogP contribution < -0.4 is 0 Å². The summed E-state index contributed by atoms with van der Waals surface area (Å²) in [6, 6.07) is 12.4. The van der Waals surface area contributed by atoms with E-state index in [-0.39, 0.29) is 0 Å². The quantitative estimate of drug-likeness (QED) is 0.364. The highest BCUT2D eigenvalue weighted by Crippen LogP contribution is 2.40. The van der Waals surface area contributed by atoms with Gasteiger partial charge in [0.25, 0.3) is 0 Å². The standard InChI is InChI=1S/C21H16N2OS/c1-11-7-8-15-14-5-4-6-16(20(14)24-21(15)23-11)19-18-12(2)13(3)25-17(18)9-10-22-19/h4-10H,1-3H3. The lowest BCUT2D eigenvalue weighted by Gasteiger charge is -2.05. The molecule has 0 saturated heterocycles. The second-order valence-corrected chi connectivity index (χ2v) is 7.66. The summed E-state index contributed by atoms with van der Waals surface area (Å²) in [4.78, 5) is 10.6. The number of hydrogen-bond acceptors (Lipinski definition) is 4. The van der Waals surface area contributed by atoms with Gasteiger partial charge in [-0.3, -0.25) is 4.98 Å². The van der Waals surface area contributed by atoms with Crippen LogP contribution in [0.4, 0.5) is 0 Å². The van der Waals surface area contributed by atoms with Crippen molar-refractivity contribution < 1.29 is 4.42 Å². The van der Waals surface area contributed by atoms with E-state index in [1.54, 1.807) is 0 Å². The molecule has 0 aliphatic rings. The predicted molar refractivity (Wildman–Crippen MR) is 104 cm³/mol. The van der Waals surface area contributed by atoms with Gasteiger partial charge in [-0.15, -0.1) is 11.3 Å². The summed E-state index contributed by atoms with van der Waals surface area (Å²) in [6.07, 6.45) is 1.89. The van der Waals surface area contributed by atoms with Gasteiger partial charge in [0.05, 0.1) is 5.69 Å². The summed E-state index contributed by atoms with van der Waals surface area (Å²) in [6.45, 7) is 6.31. The molecule has 0 fully saturated rings. The van der Waals surface area contributed by atoms with E-state index in [4.69, 9.17) is 9.40 Å². The second kappa shape index (κ2) is 5.14. The third-order valence-corrected chi connectivity index (χ3v) is 6.01. The normalized spacial score (nSPS) is 11.8. The fourth-order valence-electron chi connectivity index (χ4n) is 3.47. The third kappa shape index (κ3) is 2.04. The van der Waals surface area contributed by atoms with E-state index in [9.17, 15) is 0 Å². The first-order chi connectivity index (χ1) is 12.1. The van der Waals surface area contributed by atoms with Crippen LogP contribution in [0.1, 0.15) is 16.1 Å². The van der Waals surface area contributed by atoms with Crippen molar-refractivity contribution in [3.8, 4) is 11.3 Å². The molecular weight excluding hydrogens is 328 g/mol. The van der Waals surface area contributed by atoms with E-state index < -0.39 is 0 Å². The lowest BCUT2D eigenvalue weighted by Crippen LogP contribution is -1.86. The smallest absolute Gasteiger partial charge is 0.227 e. The molecule has 4 heteroatoms. The van der Waals surface area contributed by atoms with Crippen LogP contribution >= 0.6 is 11.3 Å². The minimum Gasteiger partial charge on any atom is -0.437 e. The highest BCUT2D eigenvalue weighted by molar-refractivity contribution is 7.19. The van der Waals surface area contributed by atoms with Crippen molar-refractivity contribution in [3.63, 3.8) is 0 Å². The lowest BCUT2D eigenvalue weighted by molar-refractivity contribution is 0.653. The van der Waals surface area contributed by atoms with E-state index in [1.165, 1.54) is 20.5 Å². The largest absolute Gasteiger partial charge is 0.437 e. The molecule has 0 radical (unpaired) electrons. The molecule has 1 aromatic carbocycles. The molecule has 0 N–H and O–H groups in total. The number of pyridine rings is 2. The molecule has 0 spiro atoms. The van der Waals surface area contributed by atoms with Crippen LogP contribution in [0.2, 0.25) is 0 Å². The molecule has 122 valence electrons. The van der Waals surface area contributed by atoms with Crippen LogP contribution in [0.25, 0.3) is 43.4 Å². The topological polar surface area (TPSA) is 38.9 Å². The molecule has 0 unspecified atom stereocenters. The Hall–Kier alpha value is -2.72. The van der Waals surface area contributed by atoms with E-state index >= 15 is 0 Å². The van der Waals surface area contributed by atoms with Gasteiger partial charge in [-0.05, 0) is 50.6 Å². The van der Waals surface area contributed by atoms with Crippen molar-refractivity contribution in [1.29, 1.82) is 0 Å². The number of thiophene rings is 1. The van der Waals surface area contributed by atoms with Gasteiger partial charge in [0.15, 0.2) is 0 Å². The Balaban J connectivity index is 1.92. The van der Waals surface area contributed by atoms with Crippen LogP contribution in [-0.4, -0.2) is 9.97 Å². The summed E-state index contributed by atoms with van der Waals surface area (Å²) in [7, 11) is 0. The number of rotatable bonds is 1. The monoisotopic (exact) mass is 344 g/mol. The van der Waals surface area contributed by atoms with Gasteiger partial charge in [0.2, 0.25) is 5.71 Å². The van der Waals surface area contributed by atoms with Crippen molar-refractivity contribution in [3.05, 3.63) is 58.7 Å². The number of benzene rings is 1. The van der Waals surface area contributed by atoms with Crippen LogP contribution in [-0.2, 0) is 0 Å². The predicted octanol–water partition coefficient (Wildman–Crippen LogP) is 6.18. The molecule has 0 aliphatic carbocycles. The van der Waals surface area contributed by atoms with Crippen LogP contribution in [0.3, 0.4) is 0 Å². The van der Waals surface area contributed by atoms with Crippen molar-refractivity contribution in [1.82, 2.24) is 9.97 Å². The zero-order chi connectivity index (χ0) is 17.1. The molecule has 3 nitrogen and oxygen atoms in total. The number of aromatic nitrogens is 2. The number of para-hydroxylation sites is 1. The first-order valence-electron chi connectivity index (χ1n) is 8.27. The first kappa shape index (κ1) is 14.6. The molecule has 5 aromatic rings. The molecule has 5 rings (SSSR count). The van der Waals surface area contributed by atoms with Crippen molar-refractivity contribution >= 4 is 43.5 Å². The first-order valence-corrected chi connectivity index (χ1v) is 9.09. The summed E-state index contributed by atoms with van der Waals surface area (Å²) in [5.41, 5.74) is 5.81. The van der Waals surface area contributed by atoms with Crippen molar-refractivity contribution in [2.75, 3.05) is 0 Å². The minimum atomic E-state index is 0.688. The second-order valence-electron chi connectivity index (χ2n) is 6.41. The van der Waals surface area contributed by atoms with Gasteiger partial charge in [0.1, 0.15) is 5.58 Å². The Morgan fingerprint density at radius 1 is 0.960 bits per heavy atom. The Kier molecular flexibility index (Phi) is 3.00. The van der Waals surface area contributed by atoms with Gasteiger partial charge in [-0.25, -0.2) is 4.98 Å². The fraction of sp³-hybridized carbons (Fsp3) is 0.143. The van der Waals surface area contributed by atoms with Crippen LogP contribution in [0.15, 0.2) is 47.0 Å². The summed E-state index contributed by atoms with van der Waals surface area (Å²) < 4.78 is 7.43. The van der Waals surface area contributed by atoms with E-state index in [2.05, 4.69) is 49.2 Å². The summed E-state index contributed by atoms with van der Waals surface area (Å²) in [5, 5.41) is 3.36. The van der Waals surface area contributed by atoms with Gasteiger partial charge >= 0.3 is 0 Å². The average molecular weight is 344 g/mol. The average Bonchev–Trinajstić information content (AvgIpc) is 3.11. The Bertz CT molecular complexity index is 1280. The van der Waals surface area contributed by atoms with Gasteiger partial charge in [0, 0.05) is 43.2 Å². The molecule has 0 saturated carbocycles. The van der Waals surface area contributed by atoms with E-state index in [1.807, 2.05) is 30.5 Å². The maximum atomic E-state index is 6.17. The molecule has 0 amide bonds. The summed E-state index contributed by atoms with van der Waals surface area (Å²) >= 11 is 1.82. The molecule has 0 aliphatic heterocycles.